The SMILES string of the molecule is Cn1c(=O)c2[nH]c(-c3ccc(S(=O)(=O)NC4CCN(Cc5ccccc5)C4)cc3)cc2n(C)c1=O. The smallest absolute Gasteiger partial charge is 0.331 e. The lowest BCUT2D eigenvalue weighted by atomic mass is 10.1. The van der Waals surface area contributed by atoms with Gasteiger partial charge in [-0.1, -0.05) is 42.5 Å². The molecule has 0 saturated carbocycles. The van der Waals surface area contributed by atoms with Crippen molar-refractivity contribution in [3.63, 3.8) is 0 Å². The molecule has 5 rings (SSSR count). The lowest BCUT2D eigenvalue weighted by Gasteiger charge is -2.17. The van der Waals surface area contributed by atoms with E-state index in [1.807, 2.05) is 18.2 Å². The highest BCUT2D eigenvalue weighted by molar-refractivity contribution is 7.89. The number of sulfonamides is 1. The molecule has 2 aromatic carbocycles. The van der Waals surface area contributed by atoms with Crippen molar-refractivity contribution in [2.45, 2.75) is 23.9 Å². The van der Waals surface area contributed by atoms with Gasteiger partial charge in [-0.25, -0.2) is 17.9 Å². The molecule has 3 heterocycles. The number of hydrogen-bond acceptors (Lipinski definition) is 5. The van der Waals surface area contributed by atoms with Crippen molar-refractivity contribution in [3.05, 3.63) is 87.1 Å². The van der Waals surface area contributed by atoms with Gasteiger partial charge >= 0.3 is 5.69 Å². The Bertz CT molecular complexity index is 1600. The first kappa shape index (κ1) is 23.3. The van der Waals surface area contributed by atoms with Gasteiger partial charge in [0.25, 0.3) is 5.56 Å². The molecule has 2 aromatic heterocycles. The summed E-state index contributed by atoms with van der Waals surface area (Å²) in [6.07, 6.45) is 0.757. The number of aromatic amines is 1. The maximum atomic E-state index is 13.0. The zero-order valence-corrected chi connectivity index (χ0v) is 20.4. The van der Waals surface area contributed by atoms with Crippen molar-refractivity contribution in [2.24, 2.45) is 14.1 Å². The number of rotatable bonds is 6. The molecule has 182 valence electrons. The molecule has 1 aliphatic rings. The van der Waals surface area contributed by atoms with Gasteiger partial charge in [-0.3, -0.25) is 18.8 Å². The highest BCUT2D eigenvalue weighted by Gasteiger charge is 2.27. The maximum absolute atomic E-state index is 13.0. The molecule has 0 aliphatic carbocycles. The Morgan fingerprint density at radius 2 is 1.71 bits per heavy atom. The van der Waals surface area contributed by atoms with Crippen LogP contribution in [0.4, 0.5) is 0 Å². The zero-order chi connectivity index (χ0) is 24.7. The highest BCUT2D eigenvalue weighted by Crippen LogP contribution is 2.24. The number of nitrogens with zero attached hydrogens (tertiary/aromatic N) is 3. The number of benzene rings is 2. The van der Waals surface area contributed by atoms with Crippen LogP contribution in [0.1, 0.15) is 12.0 Å². The van der Waals surface area contributed by atoms with Crippen molar-refractivity contribution in [2.75, 3.05) is 13.1 Å². The Kier molecular flexibility index (Phi) is 5.96. The summed E-state index contributed by atoms with van der Waals surface area (Å²) in [5, 5.41) is 0. The van der Waals surface area contributed by atoms with Crippen LogP contribution >= 0.6 is 0 Å². The Labute approximate surface area is 202 Å². The summed E-state index contributed by atoms with van der Waals surface area (Å²) in [7, 11) is -0.637. The standard InChI is InChI=1S/C25H27N5O4S/c1-28-22-14-21(26-23(22)24(31)29(2)25(28)32)18-8-10-20(11-9-18)35(33,34)27-19-12-13-30(16-19)15-17-6-4-3-5-7-17/h3-11,14,19,26-27H,12-13,15-16H2,1-2H3. The average Bonchev–Trinajstić information content (AvgIpc) is 3.49. The quantitative estimate of drug-likeness (QED) is 0.426. The van der Waals surface area contributed by atoms with E-state index >= 15 is 0 Å². The van der Waals surface area contributed by atoms with Crippen molar-refractivity contribution in [3.8, 4) is 11.3 Å². The van der Waals surface area contributed by atoms with Gasteiger partial charge in [-0.05, 0) is 35.7 Å². The summed E-state index contributed by atoms with van der Waals surface area (Å²) in [6, 6.07) is 18.2. The van der Waals surface area contributed by atoms with E-state index in [0.29, 0.717) is 28.8 Å². The molecule has 0 spiro atoms. The van der Waals surface area contributed by atoms with Crippen LogP contribution in [0.3, 0.4) is 0 Å². The van der Waals surface area contributed by atoms with Crippen LogP contribution in [-0.4, -0.2) is 46.6 Å². The van der Waals surface area contributed by atoms with E-state index in [9.17, 15) is 18.0 Å². The van der Waals surface area contributed by atoms with Crippen LogP contribution in [0.25, 0.3) is 22.3 Å². The molecule has 0 amide bonds. The molecular weight excluding hydrogens is 466 g/mol. The molecule has 10 heteroatoms. The second kappa shape index (κ2) is 8.95. The molecule has 35 heavy (non-hydrogen) atoms. The summed E-state index contributed by atoms with van der Waals surface area (Å²) in [4.78, 5) is 30.1. The van der Waals surface area contributed by atoms with Crippen molar-refractivity contribution < 1.29 is 8.42 Å². The summed E-state index contributed by atoms with van der Waals surface area (Å²) in [5.74, 6) is 0. The largest absolute Gasteiger partial charge is 0.349 e. The summed E-state index contributed by atoms with van der Waals surface area (Å²) < 4.78 is 31.3. The van der Waals surface area contributed by atoms with Gasteiger partial charge in [0.05, 0.1) is 10.4 Å². The van der Waals surface area contributed by atoms with E-state index in [1.54, 1.807) is 37.4 Å². The van der Waals surface area contributed by atoms with Gasteiger partial charge in [0.1, 0.15) is 5.52 Å². The summed E-state index contributed by atoms with van der Waals surface area (Å²) in [6.45, 7) is 2.30. The Balaban J connectivity index is 1.31. The fourth-order valence-electron chi connectivity index (χ4n) is 4.62. The lowest BCUT2D eigenvalue weighted by molar-refractivity contribution is 0.324. The first-order valence-electron chi connectivity index (χ1n) is 11.4. The Hall–Kier alpha value is -3.47. The van der Waals surface area contributed by atoms with Gasteiger partial charge in [-0.2, -0.15) is 0 Å². The molecule has 1 saturated heterocycles. The van der Waals surface area contributed by atoms with E-state index in [-0.39, 0.29) is 10.9 Å². The molecule has 1 aliphatic heterocycles. The monoisotopic (exact) mass is 493 g/mol. The molecule has 9 nitrogen and oxygen atoms in total. The van der Waals surface area contributed by atoms with Crippen LogP contribution < -0.4 is 16.0 Å². The number of fused-ring (bicyclic) bond motifs is 1. The first-order chi connectivity index (χ1) is 16.7. The topological polar surface area (TPSA) is 109 Å². The lowest BCUT2D eigenvalue weighted by Crippen LogP contribution is -2.36. The molecule has 0 radical (unpaired) electrons. The number of H-pyrrole nitrogens is 1. The minimum Gasteiger partial charge on any atom is -0.349 e. The van der Waals surface area contributed by atoms with Crippen molar-refractivity contribution in [1.82, 2.24) is 23.7 Å². The molecule has 2 N–H and O–H groups in total. The number of likely N-dealkylation sites (tertiary alicyclic amines) is 1. The number of nitrogens with one attached hydrogen (secondary N) is 2. The summed E-state index contributed by atoms with van der Waals surface area (Å²) in [5.41, 5.74) is 2.55. The molecule has 1 atom stereocenters. The van der Waals surface area contributed by atoms with Gasteiger partial charge in [0.2, 0.25) is 10.0 Å². The summed E-state index contributed by atoms with van der Waals surface area (Å²) >= 11 is 0. The van der Waals surface area contributed by atoms with E-state index in [4.69, 9.17) is 0 Å². The predicted molar refractivity (Wildman–Crippen MR) is 135 cm³/mol. The minimum atomic E-state index is -3.67. The minimum absolute atomic E-state index is 0.144. The second-order valence-electron chi connectivity index (χ2n) is 9.00. The molecule has 4 aromatic rings. The van der Waals surface area contributed by atoms with Crippen LogP contribution in [0, 0.1) is 0 Å². The van der Waals surface area contributed by atoms with Crippen molar-refractivity contribution in [1.29, 1.82) is 0 Å². The maximum Gasteiger partial charge on any atom is 0.331 e. The number of aryl methyl sites for hydroxylation is 1. The average molecular weight is 494 g/mol. The van der Waals surface area contributed by atoms with Crippen LogP contribution in [0.5, 0.6) is 0 Å². The van der Waals surface area contributed by atoms with Gasteiger partial charge in [0.15, 0.2) is 0 Å². The van der Waals surface area contributed by atoms with E-state index in [0.717, 1.165) is 24.1 Å². The Morgan fingerprint density at radius 3 is 2.43 bits per heavy atom. The van der Waals surface area contributed by atoms with E-state index < -0.39 is 21.3 Å². The van der Waals surface area contributed by atoms with Crippen LogP contribution in [0.2, 0.25) is 0 Å². The molecule has 1 unspecified atom stereocenters. The van der Waals surface area contributed by atoms with Gasteiger partial charge in [0, 0.05) is 45.5 Å². The van der Waals surface area contributed by atoms with Crippen LogP contribution in [0.15, 0.2) is 75.1 Å². The third-order valence-electron chi connectivity index (χ3n) is 6.57. The molecule has 1 fully saturated rings. The predicted octanol–water partition coefficient (Wildman–Crippen LogP) is 1.79. The second-order valence-corrected chi connectivity index (χ2v) is 10.7. The third kappa shape index (κ3) is 4.47. The normalized spacial score (nSPS) is 16.8. The van der Waals surface area contributed by atoms with E-state index in [1.165, 1.54) is 17.2 Å². The first-order valence-corrected chi connectivity index (χ1v) is 12.9. The fraction of sp³-hybridized carbons (Fsp3) is 0.280. The highest BCUT2D eigenvalue weighted by atomic mass is 32.2. The van der Waals surface area contributed by atoms with Crippen molar-refractivity contribution >= 4 is 21.1 Å². The van der Waals surface area contributed by atoms with Gasteiger partial charge < -0.3 is 4.98 Å². The van der Waals surface area contributed by atoms with Gasteiger partial charge in [-0.15, -0.1) is 0 Å². The van der Waals surface area contributed by atoms with E-state index in [2.05, 4.69) is 26.7 Å². The molecule has 0 bridgehead atoms. The fourth-order valence-corrected chi connectivity index (χ4v) is 5.89. The zero-order valence-electron chi connectivity index (χ0n) is 19.6. The Morgan fingerprint density at radius 1 is 1.00 bits per heavy atom. The van der Waals surface area contributed by atoms with Crippen LogP contribution in [-0.2, 0) is 30.7 Å². The number of aromatic nitrogens is 3. The molecular formula is C25H27N5O4S. The number of hydrogen-bond donors (Lipinski definition) is 2. The third-order valence-corrected chi connectivity index (χ3v) is 8.11.